The van der Waals surface area contributed by atoms with Gasteiger partial charge in [-0.15, -0.1) is 0 Å². The molecule has 2 heterocycles. The van der Waals surface area contributed by atoms with Crippen molar-refractivity contribution in [2.75, 3.05) is 39.3 Å². The van der Waals surface area contributed by atoms with Crippen LogP contribution in [0.4, 0.5) is 0 Å². The Morgan fingerprint density at radius 2 is 1.34 bits per heavy atom. The van der Waals surface area contributed by atoms with Crippen molar-refractivity contribution < 1.29 is 48.3 Å². The van der Waals surface area contributed by atoms with Gasteiger partial charge in [0.05, 0.1) is 25.5 Å². The van der Waals surface area contributed by atoms with Crippen LogP contribution in [0.15, 0.2) is 22.5 Å². The average Bonchev–Trinajstić information content (AvgIpc) is 3.92. The van der Waals surface area contributed by atoms with Crippen molar-refractivity contribution >= 4 is 65.1 Å². The van der Waals surface area contributed by atoms with Gasteiger partial charge in [0.2, 0.25) is 47.3 Å². The Kier molecular flexibility index (Phi) is 21.6. The van der Waals surface area contributed by atoms with Crippen LogP contribution < -0.4 is 65.9 Å². The zero-order valence-corrected chi connectivity index (χ0v) is 34.6. The first-order chi connectivity index (χ1) is 29.3. The summed E-state index contributed by atoms with van der Waals surface area (Å²) in [6.07, 6.45) is 3.89. The van der Waals surface area contributed by atoms with Gasteiger partial charge in [-0.05, 0) is 52.4 Å². The number of carbonyl (C=O) groups is 9. The maximum absolute atomic E-state index is 13.8. The van der Waals surface area contributed by atoms with Gasteiger partial charge >= 0.3 is 5.97 Å². The monoisotopic (exact) mass is 877 g/mol. The average molecular weight is 878 g/mol. The Balaban J connectivity index is 2.18. The number of carboxylic acid groups (broad SMARTS) is 1. The molecule has 0 bridgehead atoms. The second-order valence-electron chi connectivity index (χ2n) is 14.2. The number of H-pyrrole nitrogens is 1. The third-order valence-corrected chi connectivity index (χ3v) is 9.05. The highest BCUT2D eigenvalue weighted by Gasteiger charge is 2.37. The van der Waals surface area contributed by atoms with Crippen molar-refractivity contribution in [2.45, 2.75) is 95.0 Å². The SMILES string of the molecule is CC(N)C(=O)N1CCCC1C(=O)NC(C)C(=O)NC(Cc1cnc[nH]1)C(=O)NC(CCCN=C(N)N)C(=O)NCC(=O)NC(CCCN=C(N)N)C(=O)NCC(=O)NCC(=O)O. The van der Waals surface area contributed by atoms with Gasteiger partial charge in [0, 0.05) is 37.9 Å². The smallest absolute Gasteiger partial charge is 0.322 e. The lowest BCUT2D eigenvalue weighted by Gasteiger charge is -2.27. The zero-order chi connectivity index (χ0) is 46.4. The summed E-state index contributed by atoms with van der Waals surface area (Å²) in [6, 6.07) is -6.73. The molecule has 62 heavy (non-hydrogen) atoms. The Labute approximate surface area is 356 Å². The molecule has 19 N–H and O–H groups in total. The number of hydrogen-bond donors (Lipinski definition) is 14. The van der Waals surface area contributed by atoms with Gasteiger partial charge in [-0.1, -0.05) is 0 Å². The van der Waals surface area contributed by atoms with E-state index in [0.29, 0.717) is 25.1 Å². The fourth-order valence-electron chi connectivity index (χ4n) is 5.94. The lowest BCUT2D eigenvalue weighted by molar-refractivity contribution is -0.140. The molecule has 1 aromatic rings. The van der Waals surface area contributed by atoms with Crippen LogP contribution in [0, 0.1) is 0 Å². The number of nitrogens with zero attached hydrogens (tertiary/aromatic N) is 4. The van der Waals surface area contributed by atoms with Crippen molar-refractivity contribution in [1.82, 2.24) is 52.1 Å². The molecular weight excluding hydrogens is 818 g/mol. The van der Waals surface area contributed by atoms with E-state index in [2.05, 4.69) is 57.2 Å². The topological polar surface area (TPSA) is 445 Å². The second kappa shape index (κ2) is 26.2. The van der Waals surface area contributed by atoms with Gasteiger partial charge in [0.15, 0.2) is 11.9 Å². The minimum atomic E-state index is -1.33. The predicted molar refractivity (Wildman–Crippen MR) is 221 cm³/mol. The largest absolute Gasteiger partial charge is 0.480 e. The number of aromatic nitrogens is 2. The molecule has 0 aliphatic carbocycles. The number of imidazole rings is 1. The number of aromatic amines is 1. The molecule has 0 radical (unpaired) electrons. The second-order valence-corrected chi connectivity index (χ2v) is 14.2. The molecule has 6 atom stereocenters. The number of guanidine groups is 2. The van der Waals surface area contributed by atoms with Gasteiger partial charge in [-0.2, -0.15) is 0 Å². The van der Waals surface area contributed by atoms with Crippen molar-refractivity contribution in [1.29, 1.82) is 0 Å². The molecule has 27 nitrogen and oxygen atoms in total. The predicted octanol–water partition coefficient (Wildman–Crippen LogP) is -7.21. The molecule has 344 valence electrons. The number of aliphatic carboxylic acids is 1. The normalized spacial score (nSPS) is 15.5. The van der Waals surface area contributed by atoms with E-state index in [1.807, 2.05) is 0 Å². The molecule has 1 aliphatic rings. The van der Waals surface area contributed by atoms with Crippen LogP contribution >= 0.6 is 0 Å². The number of likely N-dealkylation sites (tertiary alicyclic amines) is 1. The van der Waals surface area contributed by atoms with E-state index in [9.17, 15) is 43.2 Å². The summed E-state index contributed by atoms with van der Waals surface area (Å²) < 4.78 is 0. The highest BCUT2D eigenvalue weighted by atomic mass is 16.4. The van der Waals surface area contributed by atoms with E-state index in [-0.39, 0.29) is 57.1 Å². The first-order valence-electron chi connectivity index (χ1n) is 19.7. The van der Waals surface area contributed by atoms with Gasteiger partial charge < -0.3 is 80.9 Å². The molecular formula is C35H59N17O10. The zero-order valence-electron chi connectivity index (χ0n) is 34.6. The van der Waals surface area contributed by atoms with Crippen LogP contribution in [0.3, 0.4) is 0 Å². The first kappa shape index (κ1) is 51.1. The summed E-state index contributed by atoms with van der Waals surface area (Å²) in [7, 11) is 0. The van der Waals surface area contributed by atoms with Crippen LogP contribution in [0.25, 0.3) is 0 Å². The first-order valence-corrected chi connectivity index (χ1v) is 19.7. The Bertz CT molecular complexity index is 1780. The molecule has 6 unspecified atom stereocenters. The van der Waals surface area contributed by atoms with E-state index in [1.54, 1.807) is 0 Å². The van der Waals surface area contributed by atoms with E-state index in [0.717, 1.165) is 0 Å². The molecule has 27 heteroatoms. The molecule has 0 spiro atoms. The number of nitrogens with one attached hydrogen (secondary N) is 8. The summed E-state index contributed by atoms with van der Waals surface area (Å²) in [5, 5.41) is 25.8. The lowest BCUT2D eigenvalue weighted by Crippen LogP contribution is -2.58. The summed E-state index contributed by atoms with van der Waals surface area (Å²) in [5.41, 5.74) is 27.7. The van der Waals surface area contributed by atoms with E-state index in [4.69, 9.17) is 33.8 Å². The third-order valence-electron chi connectivity index (χ3n) is 9.05. The van der Waals surface area contributed by atoms with Gasteiger partial charge in [-0.25, -0.2) is 4.98 Å². The quantitative estimate of drug-likeness (QED) is 0.0234. The highest BCUT2D eigenvalue weighted by Crippen LogP contribution is 2.18. The summed E-state index contributed by atoms with van der Waals surface area (Å²) in [5.74, 6) is -7.57. The van der Waals surface area contributed by atoms with E-state index >= 15 is 0 Å². The van der Waals surface area contributed by atoms with Gasteiger partial charge in [0.25, 0.3) is 0 Å². The number of hydrogen-bond acceptors (Lipinski definition) is 13. The van der Waals surface area contributed by atoms with Crippen LogP contribution in [0.1, 0.15) is 58.1 Å². The van der Waals surface area contributed by atoms with Crippen molar-refractivity contribution in [3.63, 3.8) is 0 Å². The molecule has 0 saturated carbocycles. The summed E-state index contributed by atoms with van der Waals surface area (Å²) in [6.45, 7) is 1.42. The van der Waals surface area contributed by atoms with Crippen LogP contribution in [0.2, 0.25) is 0 Å². The minimum Gasteiger partial charge on any atom is -0.480 e. The lowest BCUT2D eigenvalue weighted by atomic mass is 10.1. The third kappa shape index (κ3) is 18.9. The van der Waals surface area contributed by atoms with E-state index < -0.39 is 109 Å². The number of aliphatic imine (C=N–C) groups is 2. The van der Waals surface area contributed by atoms with Gasteiger partial charge in [0.1, 0.15) is 36.8 Å². The fourth-order valence-corrected chi connectivity index (χ4v) is 5.94. The van der Waals surface area contributed by atoms with Crippen LogP contribution in [0.5, 0.6) is 0 Å². The van der Waals surface area contributed by atoms with E-state index in [1.165, 1.54) is 31.3 Å². The molecule has 1 aliphatic heterocycles. The number of rotatable bonds is 26. The molecule has 8 amide bonds. The summed E-state index contributed by atoms with van der Waals surface area (Å²) in [4.78, 5) is 131. The molecule has 0 aromatic carbocycles. The minimum absolute atomic E-state index is 0.0134. The maximum Gasteiger partial charge on any atom is 0.322 e. The summed E-state index contributed by atoms with van der Waals surface area (Å²) >= 11 is 0. The van der Waals surface area contributed by atoms with Crippen LogP contribution in [-0.4, -0.2) is 161 Å². The molecule has 1 aromatic heterocycles. The Morgan fingerprint density at radius 3 is 1.87 bits per heavy atom. The molecule has 2 rings (SSSR count). The van der Waals surface area contributed by atoms with Crippen molar-refractivity contribution in [3.8, 4) is 0 Å². The van der Waals surface area contributed by atoms with Crippen molar-refractivity contribution in [3.05, 3.63) is 18.2 Å². The number of amides is 8. The molecule has 1 saturated heterocycles. The number of carboxylic acids is 1. The highest BCUT2D eigenvalue weighted by molar-refractivity contribution is 5.97. The number of carbonyl (C=O) groups excluding carboxylic acids is 8. The van der Waals surface area contributed by atoms with Gasteiger partial charge in [-0.3, -0.25) is 53.1 Å². The van der Waals surface area contributed by atoms with Crippen molar-refractivity contribution in [2.24, 2.45) is 38.7 Å². The fraction of sp³-hybridized carbons (Fsp3) is 0.600. The van der Waals surface area contributed by atoms with Crippen LogP contribution in [-0.2, 0) is 49.6 Å². The standard InChI is InChI=1S/C35H59N17O10/c1-18(36)33(62)52-11-5-8-24(52)32(61)48-19(2)28(57)51-23(12-20-13-41-17-47-20)31(60)50-22(7-4-10-43-35(39)40)30(59)46-15-26(54)49-21(6-3-9-42-34(37)38)29(58)45-14-25(53)44-16-27(55)56/h13,17-19,21-24H,3-12,14-16,36H2,1-2H3,(H,41,47)(H,44,53)(H,45,58)(H,46,59)(H,48,61)(H,49,54)(H,50,60)(H,51,57)(H,55,56)(H4,37,38,42)(H4,39,40,43). The maximum atomic E-state index is 13.8. The molecule has 1 fully saturated rings. The Hall–Kier alpha value is -7.06. The Morgan fingerprint density at radius 1 is 0.774 bits per heavy atom. The number of nitrogens with two attached hydrogens (primary N) is 5.